The summed E-state index contributed by atoms with van der Waals surface area (Å²) in [5.41, 5.74) is 3.68. The number of aromatic nitrogens is 2. The summed E-state index contributed by atoms with van der Waals surface area (Å²) in [5, 5.41) is 2.55. The molecule has 0 bridgehead atoms. The molecule has 2 aromatic carbocycles. The summed E-state index contributed by atoms with van der Waals surface area (Å²) < 4.78 is 2.23. The van der Waals surface area contributed by atoms with Crippen LogP contribution in [0, 0.1) is 0 Å². The number of hydrogen-bond acceptors (Lipinski definition) is 1. The van der Waals surface area contributed by atoms with E-state index < -0.39 is 0 Å². The van der Waals surface area contributed by atoms with Gasteiger partial charge in [-0.15, -0.1) is 0 Å². The molecule has 4 rings (SSSR count). The van der Waals surface area contributed by atoms with Crippen molar-refractivity contribution in [2.24, 2.45) is 0 Å². The van der Waals surface area contributed by atoms with Crippen molar-refractivity contribution in [3.8, 4) is 5.82 Å². The van der Waals surface area contributed by atoms with Gasteiger partial charge in [0.15, 0.2) is 0 Å². The minimum Gasteiger partial charge on any atom is -0.294 e. The molecule has 4 aromatic rings. The number of rotatable bonds is 1. The molecular weight excluding hydrogens is 243 g/mol. The molecule has 0 atom stereocenters. The summed E-state index contributed by atoms with van der Waals surface area (Å²) >= 11 is 0. The third kappa shape index (κ3) is 1.56. The summed E-state index contributed by atoms with van der Waals surface area (Å²) in [6.07, 6.45) is 1.84. The molecule has 0 aliphatic carbocycles. The molecule has 0 saturated carbocycles. The van der Waals surface area contributed by atoms with E-state index in [1.54, 1.807) is 0 Å². The molecule has 2 nitrogen and oxygen atoms in total. The van der Waals surface area contributed by atoms with Gasteiger partial charge in [-0.2, -0.15) is 0 Å². The maximum absolute atomic E-state index is 4.51. The predicted octanol–water partition coefficient (Wildman–Crippen LogP) is 2.44. The van der Waals surface area contributed by atoms with Crippen molar-refractivity contribution in [1.29, 1.82) is 0 Å². The summed E-state index contributed by atoms with van der Waals surface area (Å²) in [6, 6.07) is 21.1. The first-order chi connectivity index (χ1) is 9.84. The van der Waals surface area contributed by atoms with Crippen LogP contribution in [-0.4, -0.2) is 17.4 Å². The lowest BCUT2D eigenvalue weighted by atomic mass is 9.95. The van der Waals surface area contributed by atoms with Gasteiger partial charge in [-0.05, 0) is 24.3 Å². The van der Waals surface area contributed by atoms with Gasteiger partial charge in [0, 0.05) is 17.0 Å². The van der Waals surface area contributed by atoms with Crippen molar-refractivity contribution in [3.63, 3.8) is 0 Å². The number of hydrogen-bond donors (Lipinski definition) is 0. The monoisotopic (exact) mass is 256 g/mol. The van der Waals surface area contributed by atoms with E-state index in [1.807, 2.05) is 24.4 Å². The van der Waals surface area contributed by atoms with Crippen LogP contribution in [0.15, 0.2) is 66.9 Å². The molecule has 20 heavy (non-hydrogen) atoms. The largest absolute Gasteiger partial charge is 0.294 e. The second-order valence-electron chi connectivity index (χ2n) is 5.06. The standard InChI is InChI=1S/C17H13BN2/c18-12-8-9-14-13-5-1-2-6-15(13)20(16(14)11-12)17-7-3-4-10-19-17/h1-11H,18H2. The summed E-state index contributed by atoms with van der Waals surface area (Å²) in [7, 11) is 2.12. The van der Waals surface area contributed by atoms with Gasteiger partial charge >= 0.3 is 0 Å². The number of pyridine rings is 1. The zero-order chi connectivity index (χ0) is 13.5. The molecule has 0 radical (unpaired) electrons. The SMILES string of the molecule is Bc1ccc2c3ccccc3n(-c3ccccn3)c2c1. The molecule has 0 amide bonds. The van der Waals surface area contributed by atoms with E-state index >= 15 is 0 Å². The Morgan fingerprint density at radius 1 is 0.800 bits per heavy atom. The van der Waals surface area contributed by atoms with Crippen LogP contribution in [0.1, 0.15) is 0 Å². The third-order valence-corrected chi connectivity index (χ3v) is 3.71. The van der Waals surface area contributed by atoms with Crippen molar-refractivity contribution in [3.05, 3.63) is 66.9 Å². The van der Waals surface area contributed by atoms with E-state index in [-0.39, 0.29) is 0 Å². The zero-order valence-electron chi connectivity index (χ0n) is 11.2. The molecule has 0 unspecified atom stereocenters. The van der Waals surface area contributed by atoms with Gasteiger partial charge in [0.25, 0.3) is 0 Å². The van der Waals surface area contributed by atoms with Gasteiger partial charge in [-0.3, -0.25) is 4.57 Å². The quantitative estimate of drug-likeness (QED) is 0.478. The summed E-state index contributed by atoms with van der Waals surface area (Å²) in [5.74, 6) is 0.962. The van der Waals surface area contributed by atoms with E-state index in [0.29, 0.717) is 0 Å². The van der Waals surface area contributed by atoms with Gasteiger partial charge in [-0.1, -0.05) is 41.9 Å². The molecule has 0 saturated heterocycles. The molecule has 2 aromatic heterocycles. The second-order valence-corrected chi connectivity index (χ2v) is 5.06. The smallest absolute Gasteiger partial charge is 0.139 e. The first-order valence-electron chi connectivity index (χ1n) is 6.76. The Hall–Kier alpha value is -2.55. The molecule has 0 aliphatic heterocycles. The van der Waals surface area contributed by atoms with Crippen molar-refractivity contribution in [2.45, 2.75) is 0 Å². The van der Waals surface area contributed by atoms with E-state index in [1.165, 1.54) is 27.3 Å². The second kappa shape index (κ2) is 4.24. The Kier molecular flexibility index (Phi) is 2.39. The van der Waals surface area contributed by atoms with Crippen LogP contribution in [0.25, 0.3) is 27.6 Å². The first kappa shape index (κ1) is 11.3. The Labute approximate surface area is 118 Å². The topological polar surface area (TPSA) is 17.8 Å². The van der Waals surface area contributed by atoms with Gasteiger partial charge in [-0.25, -0.2) is 4.98 Å². The van der Waals surface area contributed by atoms with Gasteiger partial charge in [0.2, 0.25) is 0 Å². The van der Waals surface area contributed by atoms with E-state index in [4.69, 9.17) is 0 Å². The van der Waals surface area contributed by atoms with Crippen LogP contribution in [-0.2, 0) is 0 Å². The lowest BCUT2D eigenvalue weighted by Gasteiger charge is -2.06. The van der Waals surface area contributed by atoms with Gasteiger partial charge < -0.3 is 0 Å². The van der Waals surface area contributed by atoms with Crippen LogP contribution in [0.2, 0.25) is 0 Å². The average Bonchev–Trinajstić information content (AvgIpc) is 2.81. The fourth-order valence-corrected chi connectivity index (χ4v) is 2.81. The number of nitrogens with zero attached hydrogens (tertiary/aromatic N) is 2. The normalized spacial score (nSPS) is 11.2. The Bertz CT molecular complexity index is 910. The molecule has 0 spiro atoms. The lowest BCUT2D eigenvalue weighted by molar-refractivity contribution is 1.08. The molecule has 3 heteroatoms. The highest BCUT2D eigenvalue weighted by Crippen LogP contribution is 2.30. The van der Waals surface area contributed by atoms with Crippen LogP contribution >= 0.6 is 0 Å². The van der Waals surface area contributed by atoms with Crippen molar-refractivity contribution in [1.82, 2.24) is 9.55 Å². The fourth-order valence-electron chi connectivity index (χ4n) is 2.81. The van der Waals surface area contributed by atoms with Crippen molar-refractivity contribution >= 4 is 35.1 Å². The minimum atomic E-state index is 0.962. The van der Waals surface area contributed by atoms with Gasteiger partial charge in [0.05, 0.1) is 11.0 Å². The van der Waals surface area contributed by atoms with Crippen molar-refractivity contribution in [2.75, 3.05) is 0 Å². The fraction of sp³-hybridized carbons (Fsp3) is 0. The molecule has 2 heterocycles. The molecule has 0 fully saturated rings. The molecular formula is C17H13BN2. The molecule has 94 valence electrons. The zero-order valence-corrected chi connectivity index (χ0v) is 11.2. The number of benzene rings is 2. The highest BCUT2D eigenvalue weighted by molar-refractivity contribution is 6.33. The molecule has 0 aliphatic rings. The maximum atomic E-state index is 4.51. The summed E-state index contributed by atoms with van der Waals surface area (Å²) in [6.45, 7) is 0. The van der Waals surface area contributed by atoms with Crippen LogP contribution < -0.4 is 5.46 Å². The van der Waals surface area contributed by atoms with E-state index in [9.17, 15) is 0 Å². The van der Waals surface area contributed by atoms with Crippen LogP contribution in [0.4, 0.5) is 0 Å². The number of para-hydroxylation sites is 1. The first-order valence-corrected chi connectivity index (χ1v) is 6.76. The van der Waals surface area contributed by atoms with Crippen molar-refractivity contribution < 1.29 is 0 Å². The maximum Gasteiger partial charge on any atom is 0.139 e. The third-order valence-electron chi connectivity index (χ3n) is 3.71. The predicted molar refractivity (Wildman–Crippen MR) is 86.8 cm³/mol. The minimum absolute atomic E-state index is 0.962. The molecule has 0 N–H and O–H groups in total. The summed E-state index contributed by atoms with van der Waals surface area (Å²) in [4.78, 5) is 4.51. The van der Waals surface area contributed by atoms with Gasteiger partial charge in [0.1, 0.15) is 13.7 Å². The number of fused-ring (bicyclic) bond motifs is 3. The van der Waals surface area contributed by atoms with E-state index in [0.717, 1.165) is 5.82 Å². The Morgan fingerprint density at radius 2 is 1.60 bits per heavy atom. The highest BCUT2D eigenvalue weighted by atomic mass is 15.1. The highest BCUT2D eigenvalue weighted by Gasteiger charge is 2.11. The Morgan fingerprint density at radius 3 is 2.45 bits per heavy atom. The van der Waals surface area contributed by atoms with E-state index in [2.05, 4.69) is 59.9 Å². The van der Waals surface area contributed by atoms with Crippen LogP contribution in [0.3, 0.4) is 0 Å². The average molecular weight is 256 g/mol. The van der Waals surface area contributed by atoms with Crippen LogP contribution in [0.5, 0.6) is 0 Å². The Balaban J connectivity index is 2.23. The lowest BCUT2D eigenvalue weighted by Crippen LogP contribution is -2.02.